The Morgan fingerprint density at radius 2 is 2.05 bits per heavy atom. The first-order chi connectivity index (χ1) is 10.5. The highest BCUT2D eigenvalue weighted by atomic mass is 32.1. The number of esters is 1. The van der Waals surface area contributed by atoms with Crippen LogP contribution in [0.4, 0.5) is 5.00 Å². The largest absolute Gasteiger partial charge is 0.465 e. The number of nitriles is 1. The van der Waals surface area contributed by atoms with E-state index in [4.69, 9.17) is 4.74 Å². The van der Waals surface area contributed by atoms with Gasteiger partial charge in [-0.3, -0.25) is 0 Å². The quantitative estimate of drug-likeness (QED) is 0.783. The summed E-state index contributed by atoms with van der Waals surface area (Å²) < 4.78 is 4.84. The van der Waals surface area contributed by atoms with Crippen LogP contribution in [0.2, 0.25) is 0 Å². The molecule has 120 valence electrons. The third-order valence-electron chi connectivity index (χ3n) is 4.64. The zero-order valence-electron chi connectivity index (χ0n) is 13.8. The van der Waals surface area contributed by atoms with Crippen LogP contribution in [-0.4, -0.2) is 25.7 Å². The predicted octanol–water partition coefficient (Wildman–Crippen LogP) is 4.12. The molecular formula is C17H24N2O2S. The Hall–Kier alpha value is -1.54. The molecule has 1 saturated carbocycles. The molecule has 0 saturated heterocycles. The third-order valence-corrected chi connectivity index (χ3v) is 5.87. The first kappa shape index (κ1) is 16.8. The molecule has 1 aromatic rings. The van der Waals surface area contributed by atoms with Crippen LogP contribution in [0, 0.1) is 24.2 Å². The van der Waals surface area contributed by atoms with E-state index in [0.717, 1.165) is 23.0 Å². The molecule has 0 N–H and O–H groups in total. The van der Waals surface area contributed by atoms with E-state index in [9.17, 15) is 10.1 Å². The lowest BCUT2D eigenvalue weighted by Gasteiger charge is -2.36. The molecule has 0 unspecified atom stereocenters. The van der Waals surface area contributed by atoms with E-state index in [0.29, 0.717) is 16.5 Å². The summed E-state index contributed by atoms with van der Waals surface area (Å²) >= 11 is 1.42. The highest BCUT2D eigenvalue weighted by molar-refractivity contribution is 7.17. The molecule has 0 aliphatic heterocycles. The minimum atomic E-state index is -0.412. The predicted molar refractivity (Wildman–Crippen MR) is 89.6 cm³/mol. The van der Waals surface area contributed by atoms with Crippen molar-refractivity contribution in [1.82, 2.24) is 0 Å². The second-order valence-corrected chi connectivity index (χ2v) is 7.04. The molecule has 1 aliphatic carbocycles. The van der Waals surface area contributed by atoms with Crippen LogP contribution in [0.25, 0.3) is 0 Å². The van der Waals surface area contributed by atoms with Crippen molar-refractivity contribution in [3.63, 3.8) is 0 Å². The summed E-state index contributed by atoms with van der Waals surface area (Å²) in [6.45, 7) is 7.27. The van der Waals surface area contributed by atoms with Gasteiger partial charge in [0.25, 0.3) is 0 Å². The van der Waals surface area contributed by atoms with E-state index in [2.05, 4.69) is 24.8 Å². The smallest absolute Gasteiger partial charge is 0.340 e. The molecule has 0 spiro atoms. The summed E-state index contributed by atoms with van der Waals surface area (Å²) in [6.07, 6.45) is 4.87. The fraction of sp³-hybridized carbons (Fsp3) is 0.647. The fourth-order valence-electron chi connectivity index (χ4n) is 3.32. The molecule has 1 heterocycles. The molecule has 0 amide bonds. The first-order valence-electron chi connectivity index (χ1n) is 7.91. The van der Waals surface area contributed by atoms with Crippen LogP contribution in [0.3, 0.4) is 0 Å². The topological polar surface area (TPSA) is 53.3 Å². The van der Waals surface area contributed by atoms with Gasteiger partial charge in [0.1, 0.15) is 10.9 Å². The van der Waals surface area contributed by atoms with Gasteiger partial charge >= 0.3 is 5.97 Å². The van der Waals surface area contributed by atoms with Crippen molar-refractivity contribution in [1.29, 1.82) is 5.26 Å². The molecule has 22 heavy (non-hydrogen) atoms. The van der Waals surface area contributed by atoms with Gasteiger partial charge < -0.3 is 9.64 Å². The van der Waals surface area contributed by atoms with Crippen molar-refractivity contribution in [2.45, 2.75) is 52.5 Å². The second-order valence-electron chi connectivity index (χ2n) is 6.04. The van der Waals surface area contributed by atoms with Crippen LogP contribution in [0.1, 0.15) is 60.3 Å². The molecule has 1 aromatic heterocycles. The highest BCUT2D eigenvalue weighted by Gasteiger charge is 2.29. The lowest BCUT2D eigenvalue weighted by atomic mass is 9.86. The van der Waals surface area contributed by atoms with Crippen LogP contribution >= 0.6 is 11.3 Å². The van der Waals surface area contributed by atoms with Gasteiger partial charge in [-0.2, -0.15) is 5.26 Å². The summed E-state index contributed by atoms with van der Waals surface area (Å²) in [5.41, 5.74) is 1.32. The van der Waals surface area contributed by atoms with E-state index in [-0.39, 0.29) is 0 Å². The summed E-state index contributed by atoms with van der Waals surface area (Å²) in [5, 5.41) is 10.4. The number of carbonyl (C=O) groups is 1. The zero-order chi connectivity index (χ0) is 16.3. The van der Waals surface area contributed by atoms with Crippen molar-refractivity contribution < 1.29 is 9.53 Å². The average molecular weight is 320 g/mol. The number of nitrogens with zero attached hydrogens (tertiary/aromatic N) is 2. The van der Waals surface area contributed by atoms with E-state index in [1.165, 1.54) is 44.1 Å². The number of thiophene rings is 1. The lowest BCUT2D eigenvalue weighted by molar-refractivity contribution is 0.0600. The Kier molecular flexibility index (Phi) is 5.47. The number of ether oxygens (including phenoxy) is 1. The number of anilines is 1. The van der Waals surface area contributed by atoms with Gasteiger partial charge in [-0.15, -0.1) is 11.3 Å². The van der Waals surface area contributed by atoms with Gasteiger partial charge in [-0.05, 0) is 51.0 Å². The molecule has 4 nitrogen and oxygen atoms in total. The monoisotopic (exact) mass is 320 g/mol. The van der Waals surface area contributed by atoms with Crippen molar-refractivity contribution in [3.05, 3.63) is 16.0 Å². The number of methoxy groups -OCH3 is 1. The van der Waals surface area contributed by atoms with Gasteiger partial charge in [0, 0.05) is 12.6 Å². The summed E-state index contributed by atoms with van der Waals surface area (Å²) in [6, 6.07) is 2.66. The molecule has 2 rings (SSSR count). The highest BCUT2D eigenvalue weighted by Crippen LogP contribution is 2.39. The van der Waals surface area contributed by atoms with Crippen LogP contribution in [0.5, 0.6) is 0 Å². The van der Waals surface area contributed by atoms with Crippen molar-refractivity contribution in [3.8, 4) is 6.07 Å². The molecule has 5 heteroatoms. The maximum atomic E-state index is 12.0. The van der Waals surface area contributed by atoms with Crippen molar-refractivity contribution in [2.75, 3.05) is 18.6 Å². The second kappa shape index (κ2) is 7.15. The van der Waals surface area contributed by atoms with Gasteiger partial charge in [-0.25, -0.2) is 4.79 Å². The van der Waals surface area contributed by atoms with Gasteiger partial charge in [0.05, 0.1) is 17.7 Å². The number of hydrogen-bond acceptors (Lipinski definition) is 5. The molecule has 1 fully saturated rings. The Balaban J connectivity index is 2.36. The van der Waals surface area contributed by atoms with E-state index >= 15 is 0 Å². The lowest BCUT2D eigenvalue weighted by Crippen LogP contribution is -2.37. The normalized spacial score (nSPS) is 21.2. The number of carbonyl (C=O) groups excluding carboxylic acids is 1. The van der Waals surface area contributed by atoms with Gasteiger partial charge in [-0.1, -0.05) is 6.92 Å². The molecule has 0 radical (unpaired) electrons. The van der Waals surface area contributed by atoms with Crippen LogP contribution in [0.15, 0.2) is 0 Å². The third kappa shape index (κ3) is 3.12. The average Bonchev–Trinajstić information content (AvgIpc) is 2.86. The molecule has 0 aromatic carbocycles. The minimum absolute atomic E-state index is 0.412. The van der Waals surface area contributed by atoms with E-state index in [1.807, 2.05) is 6.92 Å². The molecular weight excluding hydrogens is 296 g/mol. The van der Waals surface area contributed by atoms with Gasteiger partial charge in [0.15, 0.2) is 0 Å². The van der Waals surface area contributed by atoms with E-state index < -0.39 is 5.97 Å². The minimum Gasteiger partial charge on any atom is -0.465 e. The Labute approximate surface area is 136 Å². The van der Waals surface area contributed by atoms with Crippen LogP contribution < -0.4 is 4.90 Å². The maximum Gasteiger partial charge on any atom is 0.340 e. The fourth-order valence-corrected chi connectivity index (χ4v) is 4.55. The summed E-state index contributed by atoms with van der Waals surface area (Å²) in [4.78, 5) is 14.8. The van der Waals surface area contributed by atoms with E-state index in [1.54, 1.807) is 0 Å². The zero-order valence-corrected chi connectivity index (χ0v) is 14.6. The van der Waals surface area contributed by atoms with Crippen molar-refractivity contribution >= 4 is 22.3 Å². The SMILES string of the molecule is CCN(c1sc(C#N)c(C(=O)OC)c1C)C1CCC(C)CC1. The molecule has 0 atom stereocenters. The Bertz CT molecular complexity index is 580. The number of hydrogen-bond donors (Lipinski definition) is 0. The van der Waals surface area contributed by atoms with Crippen LogP contribution in [-0.2, 0) is 4.74 Å². The van der Waals surface area contributed by atoms with Gasteiger partial charge in [0.2, 0.25) is 0 Å². The standard InChI is InChI=1S/C17H24N2O2S/c1-5-19(13-8-6-11(2)7-9-13)16-12(3)15(17(20)21-4)14(10-18)22-16/h11,13H,5-9H2,1-4H3. The summed E-state index contributed by atoms with van der Waals surface area (Å²) in [5.74, 6) is 0.393. The summed E-state index contributed by atoms with van der Waals surface area (Å²) in [7, 11) is 1.36. The maximum absolute atomic E-state index is 12.0. The first-order valence-corrected chi connectivity index (χ1v) is 8.73. The molecule has 1 aliphatic rings. The number of rotatable bonds is 4. The molecule has 0 bridgehead atoms. The van der Waals surface area contributed by atoms with Crippen molar-refractivity contribution in [2.24, 2.45) is 5.92 Å². The Morgan fingerprint density at radius 3 is 2.55 bits per heavy atom. The Morgan fingerprint density at radius 1 is 1.41 bits per heavy atom.